The van der Waals surface area contributed by atoms with Crippen LogP contribution in [0.25, 0.3) is 10.9 Å². The number of nitrogens with zero attached hydrogens (tertiary/aromatic N) is 2. The number of ether oxygens (including phenoxy) is 1. The van der Waals surface area contributed by atoms with Crippen LogP contribution in [0, 0.1) is 0 Å². The molecule has 0 N–H and O–H groups in total. The Kier molecular flexibility index (Phi) is 4.99. The molecule has 1 aromatic heterocycles. The van der Waals surface area contributed by atoms with E-state index in [1.165, 1.54) is 13.3 Å². The summed E-state index contributed by atoms with van der Waals surface area (Å²) < 4.78 is 43.8. The van der Waals surface area contributed by atoms with Crippen molar-refractivity contribution in [1.29, 1.82) is 0 Å². The summed E-state index contributed by atoms with van der Waals surface area (Å²) in [6, 6.07) is 5.10. The van der Waals surface area contributed by atoms with Crippen molar-refractivity contribution in [3.63, 3.8) is 0 Å². The van der Waals surface area contributed by atoms with Crippen molar-refractivity contribution in [3.05, 3.63) is 30.0 Å². The van der Waals surface area contributed by atoms with E-state index in [0.29, 0.717) is 17.7 Å². The second-order valence-corrected chi connectivity index (χ2v) is 5.65. The van der Waals surface area contributed by atoms with Crippen LogP contribution in [0.3, 0.4) is 0 Å². The number of likely N-dealkylation sites (N-methyl/N-ethyl adjacent to an activating group) is 1. The Bertz CT molecular complexity index is 705. The molecule has 126 valence electrons. The van der Waals surface area contributed by atoms with Crippen LogP contribution in [0.2, 0.25) is 0 Å². The zero-order valence-corrected chi connectivity index (χ0v) is 13.3. The van der Waals surface area contributed by atoms with Gasteiger partial charge in [-0.1, -0.05) is 0 Å². The molecule has 0 aliphatic rings. The van der Waals surface area contributed by atoms with Crippen LogP contribution in [-0.4, -0.2) is 49.3 Å². The number of benzene rings is 1. The van der Waals surface area contributed by atoms with Gasteiger partial charge in [0.05, 0.1) is 12.6 Å². The van der Waals surface area contributed by atoms with Crippen LogP contribution in [0.15, 0.2) is 24.4 Å². The molecule has 7 heteroatoms. The summed E-state index contributed by atoms with van der Waals surface area (Å²) in [6.45, 7) is 0.735. The van der Waals surface area contributed by atoms with E-state index in [4.69, 9.17) is 4.74 Å². The first-order valence-corrected chi connectivity index (χ1v) is 7.14. The quantitative estimate of drug-likeness (QED) is 0.844. The zero-order chi connectivity index (χ0) is 17.2. The number of halogens is 3. The van der Waals surface area contributed by atoms with Gasteiger partial charge in [-0.05, 0) is 38.2 Å². The number of hydrogen-bond acceptors (Lipinski definition) is 3. The Morgan fingerprint density at radius 3 is 2.57 bits per heavy atom. The summed E-state index contributed by atoms with van der Waals surface area (Å²) in [4.78, 5) is 14.0. The summed E-state index contributed by atoms with van der Waals surface area (Å²) in [5, 5.41) is 0.767. The number of rotatable bonds is 5. The van der Waals surface area contributed by atoms with E-state index in [-0.39, 0.29) is 0 Å². The van der Waals surface area contributed by atoms with Crippen molar-refractivity contribution in [2.45, 2.75) is 19.0 Å². The van der Waals surface area contributed by atoms with Gasteiger partial charge in [-0.2, -0.15) is 13.2 Å². The Morgan fingerprint density at radius 2 is 2.00 bits per heavy atom. The molecule has 0 bridgehead atoms. The molecule has 0 unspecified atom stereocenters. The first kappa shape index (κ1) is 17.3. The van der Waals surface area contributed by atoms with Crippen LogP contribution < -0.4 is 4.74 Å². The maximum Gasteiger partial charge on any atom is 0.397 e. The van der Waals surface area contributed by atoms with Gasteiger partial charge in [-0.25, -0.2) is 0 Å². The monoisotopic (exact) mass is 328 g/mol. The fourth-order valence-corrected chi connectivity index (χ4v) is 2.41. The molecule has 2 aromatic rings. The van der Waals surface area contributed by atoms with Crippen molar-refractivity contribution in [2.24, 2.45) is 0 Å². The second-order valence-electron chi connectivity index (χ2n) is 5.65. The molecule has 23 heavy (non-hydrogen) atoms. The average molecular weight is 328 g/mol. The lowest BCUT2D eigenvalue weighted by atomic mass is 10.1. The predicted octanol–water partition coefficient (Wildman–Crippen LogP) is 3.35. The Hall–Kier alpha value is -2.02. The first-order valence-electron chi connectivity index (χ1n) is 7.14. The van der Waals surface area contributed by atoms with Crippen LogP contribution >= 0.6 is 0 Å². The van der Waals surface area contributed by atoms with Crippen LogP contribution in [0.1, 0.15) is 16.8 Å². The smallest absolute Gasteiger partial charge is 0.397 e. The highest BCUT2D eigenvalue weighted by Gasteiger charge is 2.32. The lowest BCUT2D eigenvalue weighted by molar-refractivity contribution is -0.126. The van der Waals surface area contributed by atoms with E-state index in [1.54, 1.807) is 18.2 Å². The van der Waals surface area contributed by atoms with Gasteiger partial charge < -0.3 is 9.64 Å². The molecule has 4 nitrogen and oxygen atoms in total. The van der Waals surface area contributed by atoms with Gasteiger partial charge in [0.1, 0.15) is 12.2 Å². The summed E-state index contributed by atoms with van der Waals surface area (Å²) >= 11 is 0. The van der Waals surface area contributed by atoms with Gasteiger partial charge in [0.15, 0.2) is 0 Å². The van der Waals surface area contributed by atoms with E-state index in [0.717, 1.165) is 22.1 Å². The third kappa shape index (κ3) is 4.25. The number of aromatic nitrogens is 1. The number of hydrogen-bond donors (Lipinski definition) is 0. The van der Waals surface area contributed by atoms with E-state index < -0.39 is 18.5 Å². The lowest BCUT2D eigenvalue weighted by Gasteiger charge is -2.08. The molecule has 0 fully saturated rings. The minimum Gasteiger partial charge on any atom is -0.497 e. The van der Waals surface area contributed by atoms with Crippen molar-refractivity contribution in [1.82, 2.24) is 9.47 Å². The zero-order valence-electron chi connectivity index (χ0n) is 13.3. The topological polar surface area (TPSA) is 34.5 Å². The largest absolute Gasteiger partial charge is 0.497 e. The minimum absolute atomic E-state index is 0.437. The van der Waals surface area contributed by atoms with Gasteiger partial charge in [-0.3, -0.25) is 9.36 Å². The molecule has 0 amide bonds. The highest BCUT2D eigenvalue weighted by Crippen LogP contribution is 2.28. The van der Waals surface area contributed by atoms with Crippen molar-refractivity contribution in [2.75, 3.05) is 27.7 Å². The number of carbonyl (C=O) groups is 1. The Labute approximate surface area is 132 Å². The molecule has 0 spiro atoms. The van der Waals surface area contributed by atoms with Crippen molar-refractivity contribution in [3.8, 4) is 5.75 Å². The normalized spacial score (nSPS) is 12.1. The second kappa shape index (κ2) is 6.62. The summed E-state index contributed by atoms with van der Waals surface area (Å²) in [6.07, 6.45) is -3.87. The summed E-state index contributed by atoms with van der Waals surface area (Å²) in [5.41, 5.74) is 1.28. The van der Waals surface area contributed by atoms with E-state index in [9.17, 15) is 18.0 Å². The molecule has 1 aromatic carbocycles. The van der Waals surface area contributed by atoms with Crippen molar-refractivity contribution >= 4 is 16.8 Å². The standard InChI is InChI=1S/C16H19F3N2O2/c1-20(2)7-6-11-10-21(15(22)9-16(17,18)19)14-8-12(23-3)4-5-13(11)14/h4-5,8,10H,6-7,9H2,1-3H3. The summed E-state index contributed by atoms with van der Waals surface area (Å²) in [7, 11) is 5.30. The number of fused-ring (bicyclic) bond motifs is 1. The van der Waals surface area contributed by atoms with Crippen LogP contribution in [-0.2, 0) is 6.42 Å². The van der Waals surface area contributed by atoms with Gasteiger partial charge in [-0.15, -0.1) is 0 Å². The van der Waals surface area contributed by atoms with Gasteiger partial charge in [0.2, 0.25) is 5.91 Å². The van der Waals surface area contributed by atoms with Crippen LogP contribution in [0.5, 0.6) is 5.75 Å². The molecule has 0 saturated carbocycles. The molecule has 1 heterocycles. The molecule has 0 radical (unpaired) electrons. The highest BCUT2D eigenvalue weighted by atomic mass is 19.4. The minimum atomic E-state index is -4.53. The fourth-order valence-electron chi connectivity index (χ4n) is 2.41. The van der Waals surface area contributed by atoms with Gasteiger partial charge in [0.25, 0.3) is 0 Å². The van der Waals surface area contributed by atoms with Gasteiger partial charge >= 0.3 is 6.18 Å². The van der Waals surface area contributed by atoms with E-state index in [2.05, 4.69) is 0 Å². The van der Waals surface area contributed by atoms with Gasteiger partial charge in [0, 0.05) is 24.2 Å². The van der Waals surface area contributed by atoms with E-state index >= 15 is 0 Å². The number of carbonyl (C=O) groups excluding carboxylic acids is 1. The molecule has 0 aliphatic heterocycles. The number of methoxy groups -OCH3 is 1. The third-order valence-electron chi connectivity index (χ3n) is 3.54. The predicted molar refractivity (Wildman–Crippen MR) is 82.0 cm³/mol. The summed E-state index contributed by atoms with van der Waals surface area (Å²) in [5.74, 6) is -0.498. The molecule has 2 rings (SSSR count). The fraction of sp³-hybridized carbons (Fsp3) is 0.438. The maximum absolute atomic E-state index is 12.5. The lowest BCUT2D eigenvalue weighted by Crippen LogP contribution is -2.20. The molecular weight excluding hydrogens is 309 g/mol. The van der Waals surface area contributed by atoms with Crippen molar-refractivity contribution < 1.29 is 22.7 Å². The Balaban J connectivity index is 2.47. The first-order chi connectivity index (χ1) is 10.7. The maximum atomic E-state index is 12.5. The highest BCUT2D eigenvalue weighted by molar-refractivity contribution is 5.95. The average Bonchev–Trinajstić information content (AvgIpc) is 2.81. The van der Waals surface area contributed by atoms with Crippen LogP contribution in [0.4, 0.5) is 13.2 Å². The molecular formula is C16H19F3N2O2. The molecule has 0 saturated heterocycles. The molecule has 0 atom stereocenters. The SMILES string of the molecule is COc1ccc2c(CCN(C)C)cn(C(=O)CC(F)(F)F)c2c1. The third-order valence-corrected chi connectivity index (χ3v) is 3.54. The Morgan fingerprint density at radius 1 is 1.30 bits per heavy atom. The molecule has 0 aliphatic carbocycles. The van der Waals surface area contributed by atoms with E-state index in [1.807, 2.05) is 19.0 Å². The number of alkyl halides is 3.